The first-order valence-corrected chi connectivity index (χ1v) is 9.16. The first kappa shape index (κ1) is 18.7. The van der Waals surface area contributed by atoms with E-state index in [0.717, 1.165) is 33.4 Å². The molecule has 0 fully saturated rings. The van der Waals surface area contributed by atoms with E-state index in [1.54, 1.807) is 28.4 Å². The second-order valence-electron chi connectivity index (χ2n) is 6.44. The molecule has 148 valence electrons. The van der Waals surface area contributed by atoms with E-state index in [-0.39, 0.29) is 0 Å². The zero-order valence-electron chi connectivity index (χ0n) is 16.8. The van der Waals surface area contributed by atoms with Crippen LogP contribution >= 0.6 is 0 Å². The highest BCUT2D eigenvalue weighted by Gasteiger charge is 2.20. The Morgan fingerprint density at radius 3 is 1.76 bits per heavy atom. The summed E-state index contributed by atoms with van der Waals surface area (Å²) in [5.41, 5.74) is 3.65. The van der Waals surface area contributed by atoms with Gasteiger partial charge >= 0.3 is 0 Å². The predicted octanol–water partition coefficient (Wildman–Crippen LogP) is 5.80. The first-order valence-electron chi connectivity index (χ1n) is 9.16. The summed E-state index contributed by atoms with van der Waals surface area (Å²) in [6.07, 6.45) is 0. The largest absolute Gasteiger partial charge is 0.493 e. The molecule has 4 aromatic rings. The van der Waals surface area contributed by atoms with Crippen molar-refractivity contribution in [3.8, 4) is 45.4 Å². The molecule has 3 aromatic carbocycles. The van der Waals surface area contributed by atoms with Crippen molar-refractivity contribution in [2.75, 3.05) is 28.4 Å². The maximum atomic E-state index is 6.27. The monoisotopic (exact) mass is 390 g/mol. The molecule has 0 aliphatic rings. The molecule has 0 bridgehead atoms. The Balaban J connectivity index is 1.97. The molecule has 0 amide bonds. The van der Waals surface area contributed by atoms with Crippen molar-refractivity contribution < 1.29 is 23.4 Å². The molecule has 0 aliphatic carbocycles. The van der Waals surface area contributed by atoms with Crippen LogP contribution in [0.15, 0.2) is 65.1 Å². The molecule has 5 heteroatoms. The molecular formula is C24H22O5. The van der Waals surface area contributed by atoms with E-state index in [9.17, 15) is 0 Å². The van der Waals surface area contributed by atoms with Gasteiger partial charge in [-0.25, -0.2) is 0 Å². The minimum Gasteiger partial charge on any atom is -0.493 e. The Morgan fingerprint density at radius 2 is 1.14 bits per heavy atom. The molecule has 0 radical (unpaired) electrons. The molecule has 1 aromatic heterocycles. The van der Waals surface area contributed by atoms with E-state index in [1.807, 2.05) is 54.6 Å². The number of hydrogen-bond acceptors (Lipinski definition) is 5. The number of fused-ring (bicyclic) bond motifs is 1. The van der Waals surface area contributed by atoms with Gasteiger partial charge in [0.15, 0.2) is 23.0 Å². The summed E-state index contributed by atoms with van der Waals surface area (Å²) < 4.78 is 28.0. The fourth-order valence-corrected chi connectivity index (χ4v) is 3.50. The smallest absolute Gasteiger partial charge is 0.161 e. The molecule has 0 saturated heterocycles. The van der Waals surface area contributed by atoms with Gasteiger partial charge in [0, 0.05) is 16.5 Å². The third-order valence-corrected chi connectivity index (χ3v) is 4.91. The van der Waals surface area contributed by atoms with Crippen molar-refractivity contribution in [2.24, 2.45) is 0 Å². The highest BCUT2D eigenvalue weighted by molar-refractivity contribution is 6.02. The molecule has 1 heterocycles. The van der Waals surface area contributed by atoms with E-state index in [2.05, 4.69) is 6.07 Å². The van der Waals surface area contributed by atoms with E-state index >= 15 is 0 Å². The van der Waals surface area contributed by atoms with Crippen LogP contribution in [-0.4, -0.2) is 28.4 Å². The Morgan fingerprint density at radius 1 is 0.586 bits per heavy atom. The number of para-hydroxylation sites is 1. The molecule has 0 atom stereocenters. The summed E-state index contributed by atoms with van der Waals surface area (Å²) in [6.45, 7) is 0. The van der Waals surface area contributed by atoms with Crippen LogP contribution in [0.25, 0.3) is 33.4 Å². The molecule has 0 unspecified atom stereocenters. The Kier molecular flexibility index (Phi) is 5.04. The molecule has 0 N–H and O–H groups in total. The molecule has 4 rings (SSSR count). The lowest BCUT2D eigenvalue weighted by molar-refractivity contribution is 0.355. The lowest BCUT2D eigenvalue weighted by Gasteiger charge is -2.11. The summed E-state index contributed by atoms with van der Waals surface area (Å²) in [5.74, 6) is 3.40. The SMILES string of the molecule is COc1ccc(-c2oc3ccccc3c2-c2ccc(OC)c(OC)c2)cc1OC. The van der Waals surface area contributed by atoms with Crippen molar-refractivity contribution in [3.63, 3.8) is 0 Å². The highest BCUT2D eigenvalue weighted by atomic mass is 16.5. The van der Waals surface area contributed by atoms with Gasteiger partial charge in [-0.2, -0.15) is 0 Å². The Bertz CT molecular complexity index is 1160. The van der Waals surface area contributed by atoms with Crippen molar-refractivity contribution in [1.82, 2.24) is 0 Å². The lowest BCUT2D eigenvalue weighted by atomic mass is 9.98. The van der Waals surface area contributed by atoms with Gasteiger partial charge in [-0.3, -0.25) is 0 Å². The molecular weight excluding hydrogens is 368 g/mol. The van der Waals surface area contributed by atoms with Crippen molar-refractivity contribution >= 4 is 11.0 Å². The fourth-order valence-electron chi connectivity index (χ4n) is 3.50. The fraction of sp³-hybridized carbons (Fsp3) is 0.167. The molecule has 0 saturated carbocycles. The van der Waals surface area contributed by atoms with Crippen LogP contribution in [0.1, 0.15) is 0 Å². The summed E-state index contributed by atoms with van der Waals surface area (Å²) in [5, 5.41) is 1.02. The number of methoxy groups -OCH3 is 4. The van der Waals surface area contributed by atoms with Gasteiger partial charge < -0.3 is 23.4 Å². The zero-order chi connectivity index (χ0) is 20.4. The van der Waals surface area contributed by atoms with Gasteiger partial charge in [-0.1, -0.05) is 24.3 Å². The van der Waals surface area contributed by atoms with Crippen LogP contribution < -0.4 is 18.9 Å². The standard InChI is InChI=1S/C24H22O5/c1-25-19-11-9-15(13-21(19)27-3)23-17-7-5-6-8-18(17)29-24(23)16-10-12-20(26-2)22(14-16)28-4/h5-14H,1-4H3. The van der Waals surface area contributed by atoms with E-state index < -0.39 is 0 Å². The molecule has 0 spiro atoms. The lowest BCUT2D eigenvalue weighted by Crippen LogP contribution is -1.92. The summed E-state index contributed by atoms with van der Waals surface area (Å²) in [7, 11) is 6.49. The predicted molar refractivity (Wildman–Crippen MR) is 113 cm³/mol. The van der Waals surface area contributed by atoms with Crippen LogP contribution in [0.2, 0.25) is 0 Å². The quantitative estimate of drug-likeness (QED) is 0.416. The maximum absolute atomic E-state index is 6.27. The van der Waals surface area contributed by atoms with Gasteiger partial charge in [0.25, 0.3) is 0 Å². The Labute approximate surface area is 169 Å². The van der Waals surface area contributed by atoms with Gasteiger partial charge in [0.1, 0.15) is 11.3 Å². The highest BCUT2D eigenvalue weighted by Crippen LogP contribution is 2.44. The van der Waals surface area contributed by atoms with Gasteiger partial charge in [0.05, 0.1) is 28.4 Å². The second-order valence-corrected chi connectivity index (χ2v) is 6.44. The number of furan rings is 1. The van der Waals surface area contributed by atoms with Crippen LogP contribution in [0, 0.1) is 0 Å². The molecule has 0 aliphatic heterocycles. The third-order valence-electron chi connectivity index (χ3n) is 4.91. The van der Waals surface area contributed by atoms with E-state index in [1.165, 1.54) is 0 Å². The van der Waals surface area contributed by atoms with Crippen molar-refractivity contribution in [2.45, 2.75) is 0 Å². The van der Waals surface area contributed by atoms with Crippen LogP contribution in [-0.2, 0) is 0 Å². The van der Waals surface area contributed by atoms with Crippen molar-refractivity contribution in [3.05, 3.63) is 60.7 Å². The number of benzene rings is 3. The minimum absolute atomic E-state index is 0.642. The van der Waals surface area contributed by atoms with E-state index in [0.29, 0.717) is 23.0 Å². The zero-order valence-corrected chi connectivity index (χ0v) is 16.8. The Hall–Kier alpha value is -3.60. The first-order chi connectivity index (χ1) is 14.2. The summed E-state index contributed by atoms with van der Waals surface area (Å²) in [4.78, 5) is 0. The topological polar surface area (TPSA) is 50.1 Å². The number of rotatable bonds is 6. The molecule has 5 nitrogen and oxygen atoms in total. The summed E-state index contributed by atoms with van der Waals surface area (Å²) in [6, 6.07) is 19.6. The number of ether oxygens (including phenoxy) is 4. The van der Waals surface area contributed by atoms with Crippen LogP contribution in [0.3, 0.4) is 0 Å². The minimum atomic E-state index is 0.642. The number of hydrogen-bond donors (Lipinski definition) is 0. The van der Waals surface area contributed by atoms with Gasteiger partial charge in [-0.15, -0.1) is 0 Å². The molecule has 29 heavy (non-hydrogen) atoms. The summed E-state index contributed by atoms with van der Waals surface area (Å²) >= 11 is 0. The van der Waals surface area contributed by atoms with Gasteiger partial charge in [0.2, 0.25) is 0 Å². The maximum Gasteiger partial charge on any atom is 0.161 e. The van der Waals surface area contributed by atoms with Gasteiger partial charge in [-0.05, 0) is 42.0 Å². The van der Waals surface area contributed by atoms with Crippen molar-refractivity contribution in [1.29, 1.82) is 0 Å². The third kappa shape index (κ3) is 3.25. The normalized spacial score (nSPS) is 10.8. The average molecular weight is 390 g/mol. The van der Waals surface area contributed by atoms with Crippen LogP contribution in [0.4, 0.5) is 0 Å². The van der Waals surface area contributed by atoms with Crippen LogP contribution in [0.5, 0.6) is 23.0 Å². The average Bonchev–Trinajstić information content (AvgIpc) is 3.17. The van der Waals surface area contributed by atoms with E-state index in [4.69, 9.17) is 23.4 Å². The second kappa shape index (κ2) is 7.80.